The normalized spacial score (nSPS) is 18.6. The van der Waals surface area contributed by atoms with Gasteiger partial charge in [0.05, 0.1) is 24.8 Å². The van der Waals surface area contributed by atoms with Crippen molar-refractivity contribution >= 4 is 23.1 Å². The van der Waals surface area contributed by atoms with Crippen molar-refractivity contribution in [3.8, 4) is 11.5 Å². The number of amides is 1. The van der Waals surface area contributed by atoms with Gasteiger partial charge >= 0.3 is 0 Å². The Kier molecular flexibility index (Phi) is 5.57. The van der Waals surface area contributed by atoms with Crippen LogP contribution in [0.2, 0.25) is 0 Å². The van der Waals surface area contributed by atoms with Crippen molar-refractivity contribution in [2.45, 2.75) is 26.3 Å². The van der Waals surface area contributed by atoms with Gasteiger partial charge in [0, 0.05) is 23.7 Å². The standard InChI is InChI=1S/C28H25NO5/c1-3-33-21-9-6-8-20(16-21)29-25(22-10-5-4-7-17(22)2)24(27(31)28(29)32)26(30)19-11-12-23-18(15-19)13-14-34-23/h4-12,15-16,25,30H,3,13-14H2,1-2H3/b26-24+. The Labute approximate surface area is 198 Å². The van der Waals surface area contributed by atoms with E-state index in [1.54, 1.807) is 36.4 Å². The van der Waals surface area contributed by atoms with E-state index < -0.39 is 17.7 Å². The fourth-order valence-corrected chi connectivity index (χ4v) is 4.67. The number of carbonyl (C=O) groups excluding carboxylic acids is 2. The van der Waals surface area contributed by atoms with Crippen LogP contribution in [0, 0.1) is 6.92 Å². The van der Waals surface area contributed by atoms with Crippen LogP contribution in [0.1, 0.15) is 35.2 Å². The van der Waals surface area contributed by atoms with E-state index in [9.17, 15) is 14.7 Å². The fourth-order valence-electron chi connectivity index (χ4n) is 4.67. The van der Waals surface area contributed by atoms with Gasteiger partial charge in [-0.3, -0.25) is 14.5 Å². The summed E-state index contributed by atoms with van der Waals surface area (Å²) in [6, 6.07) is 19.3. The zero-order chi connectivity index (χ0) is 23.8. The number of hydrogen-bond donors (Lipinski definition) is 1. The molecule has 3 aromatic rings. The molecule has 0 bridgehead atoms. The van der Waals surface area contributed by atoms with E-state index in [0.29, 0.717) is 30.2 Å². The minimum atomic E-state index is -0.775. The van der Waals surface area contributed by atoms with Gasteiger partial charge in [-0.2, -0.15) is 0 Å². The molecule has 1 saturated heterocycles. The molecule has 0 aliphatic carbocycles. The van der Waals surface area contributed by atoms with Crippen molar-refractivity contribution in [1.82, 2.24) is 0 Å². The van der Waals surface area contributed by atoms with Crippen LogP contribution >= 0.6 is 0 Å². The van der Waals surface area contributed by atoms with Gasteiger partial charge < -0.3 is 14.6 Å². The zero-order valence-corrected chi connectivity index (χ0v) is 19.1. The van der Waals surface area contributed by atoms with E-state index in [0.717, 1.165) is 28.9 Å². The van der Waals surface area contributed by atoms with E-state index in [1.807, 2.05) is 44.2 Å². The van der Waals surface area contributed by atoms with Crippen LogP contribution in [0.4, 0.5) is 5.69 Å². The van der Waals surface area contributed by atoms with E-state index in [1.165, 1.54) is 4.90 Å². The van der Waals surface area contributed by atoms with Crippen molar-refractivity contribution in [2.24, 2.45) is 0 Å². The lowest BCUT2D eigenvalue weighted by Gasteiger charge is -2.27. The van der Waals surface area contributed by atoms with Crippen molar-refractivity contribution in [3.05, 3.63) is 94.6 Å². The second kappa shape index (κ2) is 8.71. The second-order valence-corrected chi connectivity index (χ2v) is 8.38. The topological polar surface area (TPSA) is 76.1 Å². The SMILES string of the molecule is CCOc1cccc(N2C(=O)C(=O)/C(=C(/O)c3ccc4c(c3)CCO4)C2c2ccccc2C)c1. The zero-order valence-electron chi connectivity index (χ0n) is 19.1. The fraction of sp³-hybridized carbons (Fsp3) is 0.214. The van der Waals surface area contributed by atoms with Gasteiger partial charge in [0.25, 0.3) is 11.7 Å². The first-order valence-corrected chi connectivity index (χ1v) is 11.3. The lowest BCUT2D eigenvalue weighted by atomic mass is 9.92. The third-order valence-corrected chi connectivity index (χ3v) is 6.30. The summed E-state index contributed by atoms with van der Waals surface area (Å²) >= 11 is 0. The number of anilines is 1. The molecule has 1 atom stereocenters. The predicted molar refractivity (Wildman–Crippen MR) is 129 cm³/mol. The molecule has 5 rings (SSSR count). The molecular weight excluding hydrogens is 430 g/mol. The molecule has 0 saturated carbocycles. The molecule has 34 heavy (non-hydrogen) atoms. The third kappa shape index (κ3) is 3.61. The van der Waals surface area contributed by atoms with E-state index in [-0.39, 0.29) is 11.3 Å². The molecule has 2 heterocycles. The summed E-state index contributed by atoms with van der Waals surface area (Å²) in [4.78, 5) is 28.2. The van der Waals surface area contributed by atoms with Crippen LogP contribution in [-0.4, -0.2) is 30.0 Å². The minimum Gasteiger partial charge on any atom is -0.507 e. The van der Waals surface area contributed by atoms with Crippen molar-refractivity contribution in [2.75, 3.05) is 18.1 Å². The number of rotatable bonds is 5. The Bertz CT molecular complexity index is 1330. The molecule has 1 amide bonds. The van der Waals surface area contributed by atoms with Gasteiger partial charge in [-0.25, -0.2) is 0 Å². The van der Waals surface area contributed by atoms with Crippen LogP contribution in [0.3, 0.4) is 0 Å². The number of ether oxygens (including phenoxy) is 2. The van der Waals surface area contributed by atoms with Gasteiger partial charge in [-0.15, -0.1) is 0 Å². The lowest BCUT2D eigenvalue weighted by molar-refractivity contribution is -0.132. The van der Waals surface area contributed by atoms with Gasteiger partial charge in [-0.05, 0) is 60.9 Å². The highest BCUT2D eigenvalue weighted by Gasteiger charge is 2.47. The van der Waals surface area contributed by atoms with Gasteiger partial charge in [-0.1, -0.05) is 30.3 Å². The molecule has 0 aromatic heterocycles. The maximum absolute atomic E-state index is 13.4. The van der Waals surface area contributed by atoms with E-state index >= 15 is 0 Å². The average molecular weight is 456 g/mol. The summed E-state index contributed by atoms with van der Waals surface area (Å²) in [6.07, 6.45) is 0.732. The number of benzene rings is 3. The third-order valence-electron chi connectivity index (χ3n) is 6.30. The molecule has 1 fully saturated rings. The number of Topliss-reactive ketones (excluding diaryl/α,β-unsaturated/α-hetero) is 1. The number of hydrogen-bond acceptors (Lipinski definition) is 5. The van der Waals surface area contributed by atoms with Gasteiger partial charge in [0.1, 0.15) is 17.3 Å². The highest BCUT2D eigenvalue weighted by Crippen LogP contribution is 2.44. The minimum absolute atomic E-state index is 0.0694. The molecule has 1 N–H and O–H groups in total. The number of nitrogens with zero attached hydrogens (tertiary/aromatic N) is 1. The Hall–Kier alpha value is -4.06. The summed E-state index contributed by atoms with van der Waals surface area (Å²) in [5.41, 5.74) is 3.74. The smallest absolute Gasteiger partial charge is 0.300 e. The molecule has 6 heteroatoms. The first kappa shape index (κ1) is 21.8. The van der Waals surface area contributed by atoms with Crippen LogP contribution in [0.25, 0.3) is 5.76 Å². The molecule has 172 valence electrons. The molecule has 1 unspecified atom stereocenters. The lowest BCUT2D eigenvalue weighted by Crippen LogP contribution is -2.29. The van der Waals surface area contributed by atoms with E-state index in [4.69, 9.17) is 9.47 Å². The molecule has 0 radical (unpaired) electrons. The average Bonchev–Trinajstić information content (AvgIpc) is 3.41. The summed E-state index contributed by atoms with van der Waals surface area (Å²) in [6.45, 7) is 4.88. The molecule has 3 aromatic carbocycles. The number of aliphatic hydroxyl groups excluding tert-OH is 1. The Balaban J connectivity index is 1.70. The largest absolute Gasteiger partial charge is 0.507 e. The summed E-state index contributed by atoms with van der Waals surface area (Å²) < 4.78 is 11.2. The molecule has 2 aliphatic rings. The van der Waals surface area contributed by atoms with E-state index in [2.05, 4.69) is 0 Å². The summed E-state index contributed by atoms with van der Waals surface area (Å²) in [5.74, 6) is -0.216. The highest BCUT2D eigenvalue weighted by molar-refractivity contribution is 6.51. The first-order valence-electron chi connectivity index (χ1n) is 11.3. The Morgan fingerprint density at radius 2 is 1.91 bits per heavy atom. The first-order chi connectivity index (χ1) is 16.5. The maximum Gasteiger partial charge on any atom is 0.300 e. The Morgan fingerprint density at radius 3 is 2.71 bits per heavy atom. The van der Waals surface area contributed by atoms with Crippen molar-refractivity contribution < 1.29 is 24.2 Å². The summed E-state index contributed by atoms with van der Waals surface area (Å²) in [7, 11) is 0. The molecule has 2 aliphatic heterocycles. The monoisotopic (exact) mass is 455 g/mol. The second-order valence-electron chi connectivity index (χ2n) is 8.38. The molecule has 0 spiro atoms. The van der Waals surface area contributed by atoms with Crippen LogP contribution < -0.4 is 14.4 Å². The van der Waals surface area contributed by atoms with Crippen LogP contribution in [0.5, 0.6) is 11.5 Å². The Morgan fingerprint density at radius 1 is 1.09 bits per heavy atom. The quantitative estimate of drug-likeness (QED) is 0.335. The van der Waals surface area contributed by atoms with Crippen LogP contribution in [-0.2, 0) is 16.0 Å². The summed E-state index contributed by atoms with van der Waals surface area (Å²) in [5, 5.41) is 11.4. The molecule has 6 nitrogen and oxygen atoms in total. The van der Waals surface area contributed by atoms with Crippen molar-refractivity contribution in [1.29, 1.82) is 0 Å². The number of aryl methyl sites for hydroxylation is 1. The van der Waals surface area contributed by atoms with Gasteiger partial charge in [0.2, 0.25) is 0 Å². The number of fused-ring (bicyclic) bond motifs is 1. The van der Waals surface area contributed by atoms with Crippen molar-refractivity contribution in [3.63, 3.8) is 0 Å². The number of carbonyl (C=O) groups is 2. The van der Waals surface area contributed by atoms with Gasteiger partial charge in [0.15, 0.2) is 0 Å². The number of aliphatic hydroxyl groups is 1. The number of ketones is 1. The highest BCUT2D eigenvalue weighted by atomic mass is 16.5. The van der Waals surface area contributed by atoms with Crippen LogP contribution in [0.15, 0.2) is 72.3 Å². The molecular formula is C28H25NO5. The maximum atomic E-state index is 13.4. The predicted octanol–water partition coefficient (Wildman–Crippen LogP) is 4.95.